The van der Waals surface area contributed by atoms with Crippen LogP contribution in [0.15, 0.2) is 30.3 Å². The van der Waals surface area contributed by atoms with E-state index in [-0.39, 0.29) is 24.5 Å². The van der Waals surface area contributed by atoms with Gasteiger partial charge in [-0.25, -0.2) is 4.79 Å². The Kier molecular flexibility index (Phi) is 5.16. The van der Waals surface area contributed by atoms with Crippen LogP contribution in [-0.4, -0.2) is 47.7 Å². The molecule has 3 amide bonds. The van der Waals surface area contributed by atoms with Crippen molar-refractivity contribution in [2.75, 3.05) is 25.0 Å². The molecule has 3 N–H and O–H groups in total. The molecule has 0 aromatic heterocycles. The van der Waals surface area contributed by atoms with Gasteiger partial charge in [-0.15, -0.1) is 0 Å². The molecule has 6 nitrogen and oxygen atoms in total. The van der Waals surface area contributed by atoms with Crippen LogP contribution < -0.4 is 10.6 Å². The average Bonchev–Trinajstić information content (AvgIpc) is 2.48. The molecule has 0 spiro atoms. The number of likely N-dealkylation sites (tertiary alicyclic amines) is 1. The predicted octanol–water partition coefficient (Wildman–Crippen LogP) is 1.04. The highest BCUT2D eigenvalue weighted by molar-refractivity contribution is 5.92. The molecule has 0 bridgehead atoms. The van der Waals surface area contributed by atoms with Gasteiger partial charge in [0.15, 0.2) is 0 Å². The molecule has 6 heteroatoms. The van der Waals surface area contributed by atoms with Crippen LogP contribution in [0, 0.1) is 5.92 Å². The highest BCUT2D eigenvalue weighted by atomic mass is 16.3. The van der Waals surface area contributed by atoms with Gasteiger partial charge in [0.05, 0.1) is 12.6 Å². The Balaban J connectivity index is 1.75. The largest absolute Gasteiger partial charge is 0.393 e. The Hall–Kier alpha value is -2.08. The normalized spacial score (nSPS) is 21.7. The summed E-state index contributed by atoms with van der Waals surface area (Å²) >= 11 is 0. The number of urea groups is 1. The molecule has 1 aromatic rings. The van der Waals surface area contributed by atoms with Crippen molar-refractivity contribution >= 4 is 17.6 Å². The quantitative estimate of drug-likeness (QED) is 0.778. The van der Waals surface area contributed by atoms with Crippen LogP contribution in [0.3, 0.4) is 0 Å². The third kappa shape index (κ3) is 4.46. The molecule has 1 aliphatic rings. The number of para-hydroxylation sites is 1. The maximum atomic E-state index is 12.0. The number of nitrogens with one attached hydrogen (secondary N) is 2. The Morgan fingerprint density at radius 2 is 2.05 bits per heavy atom. The van der Waals surface area contributed by atoms with E-state index in [1.165, 1.54) is 0 Å². The van der Waals surface area contributed by atoms with E-state index in [9.17, 15) is 14.7 Å². The van der Waals surface area contributed by atoms with Gasteiger partial charge in [0.2, 0.25) is 5.91 Å². The molecule has 0 radical (unpaired) electrons. The number of carbonyl (C=O) groups excluding carboxylic acids is 2. The van der Waals surface area contributed by atoms with Crippen molar-refractivity contribution in [3.8, 4) is 0 Å². The first-order chi connectivity index (χ1) is 10.1. The van der Waals surface area contributed by atoms with Crippen molar-refractivity contribution in [3.05, 3.63) is 30.3 Å². The van der Waals surface area contributed by atoms with E-state index < -0.39 is 6.03 Å². The first-order valence-corrected chi connectivity index (χ1v) is 7.12. The van der Waals surface area contributed by atoms with Gasteiger partial charge in [-0.05, 0) is 24.5 Å². The predicted molar refractivity (Wildman–Crippen MR) is 79.8 cm³/mol. The number of hydrogen-bond donors (Lipinski definition) is 3. The first-order valence-electron chi connectivity index (χ1n) is 7.12. The number of amides is 3. The zero-order valence-electron chi connectivity index (χ0n) is 12.1. The van der Waals surface area contributed by atoms with Gasteiger partial charge in [0.25, 0.3) is 0 Å². The fourth-order valence-corrected chi connectivity index (χ4v) is 2.32. The van der Waals surface area contributed by atoms with Crippen LogP contribution >= 0.6 is 0 Å². The Morgan fingerprint density at radius 1 is 1.33 bits per heavy atom. The lowest BCUT2D eigenvalue weighted by Crippen LogP contribution is -2.48. The highest BCUT2D eigenvalue weighted by Gasteiger charge is 2.27. The summed E-state index contributed by atoms with van der Waals surface area (Å²) in [4.78, 5) is 25.4. The van der Waals surface area contributed by atoms with Crippen LogP contribution in [0.2, 0.25) is 0 Å². The zero-order valence-corrected chi connectivity index (χ0v) is 12.1. The second kappa shape index (κ2) is 7.08. The second-order valence-electron chi connectivity index (χ2n) is 5.35. The van der Waals surface area contributed by atoms with Gasteiger partial charge >= 0.3 is 6.03 Å². The molecule has 1 heterocycles. The molecule has 2 unspecified atom stereocenters. The van der Waals surface area contributed by atoms with Gasteiger partial charge in [-0.1, -0.05) is 25.1 Å². The smallest absolute Gasteiger partial charge is 0.319 e. The van der Waals surface area contributed by atoms with Crippen molar-refractivity contribution in [2.24, 2.45) is 5.92 Å². The summed E-state index contributed by atoms with van der Waals surface area (Å²) in [6.45, 7) is 2.94. The van der Waals surface area contributed by atoms with E-state index in [1.807, 2.05) is 25.1 Å². The number of rotatable bonds is 3. The molecule has 1 aliphatic heterocycles. The molecule has 1 aromatic carbocycles. The SMILES string of the molecule is CC1CN(C(=O)CNC(=O)Nc2ccccc2)CCC1O. The summed E-state index contributed by atoms with van der Waals surface area (Å²) in [7, 11) is 0. The fraction of sp³-hybridized carbons (Fsp3) is 0.467. The lowest BCUT2D eigenvalue weighted by molar-refractivity contribution is -0.133. The summed E-state index contributed by atoms with van der Waals surface area (Å²) in [5, 5.41) is 14.8. The Bertz CT molecular complexity index is 492. The summed E-state index contributed by atoms with van der Waals surface area (Å²) < 4.78 is 0. The number of anilines is 1. The molecule has 0 aliphatic carbocycles. The third-order valence-electron chi connectivity index (χ3n) is 3.64. The number of aliphatic hydroxyl groups excluding tert-OH is 1. The van der Waals surface area contributed by atoms with Crippen molar-refractivity contribution < 1.29 is 14.7 Å². The van der Waals surface area contributed by atoms with Crippen LogP contribution in [0.5, 0.6) is 0 Å². The van der Waals surface area contributed by atoms with E-state index in [0.29, 0.717) is 25.2 Å². The maximum Gasteiger partial charge on any atom is 0.319 e. The standard InChI is InChI=1S/C15H21N3O3/c1-11-10-18(8-7-13(11)19)14(20)9-16-15(21)17-12-5-3-2-4-6-12/h2-6,11,13,19H,7-10H2,1H3,(H2,16,17,21). The Labute approximate surface area is 124 Å². The molecule has 2 atom stereocenters. The average molecular weight is 291 g/mol. The zero-order chi connectivity index (χ0) is 15.2. The van der Waals surface area contributed by atoms with Crippen LogP contribution in [0.25, 0.3) is 0 Å². The minimum Gasteiger partial charge on any atom is -0.393 e. The second-order valence-corrected chi connectivity index (χ2v) is 5.35. The van der Waals surface area contributed by atoms with E-state index in [4.69, 9.17) is 0 Å². The number of aliphatic hydroxyl groups is 1. The van der Waals surface area contributed by atoms with E-state index in [0.717, 1.165) is 0 Å². The number of nitrogens with zero attached hydrogens (tertiary/aromatic N) is 1. The molecule has 21 heavy (non-hydrogen) atoms. The number of benzene rings is 1. The summed E-state index contributed by atoms with van der Waals surface area (Å²) in [5.74, 6) is -0.0576. The van der Waals surface area contributed by atoms with Crippen LogP contribution in [0.4, 0.5) is 10.5 Å². The minimum atomic E-state index is -0.403. The number of carbonyl (C=O) groups is 2. The van der Waals surface area contributed by atoms with Crippen molar-refractivity contribution in [3.63, 3.8) is 0 Å². The monoisotopic (exact) mass is 291 g/mol. The number of piperidine rings is 1. The van der Waals surface area contributed by atoms with Gasteiger partial charge in [0, 0.05) is 18.8 Å². The topological polar surface area (TPSA) is 81.7 Å². The van der Waals surface area contributed by atoms with Gasteiger partial charge < -0.3 is 20.6 Å². The third-order valence-corrected chi connectivity index (χ3v) is 3.64. The highest BCUT2D eigenvalue weighted by Crippen LogP contribution is 2.16. The van der Waals surface area contributed by atoms with Crippen LogP contribution in [-0.2, 0) is 4.79 Å². The lowest BCUT2D eigenvalue weighted by atomic mass is 9.97. The summed E-state index contributed by atoms with van der Waals surface area (Å²) in [6.07, 6.45) is 0.242. The minimum absolute atomic E-state index is 0.0402. The molecule has 1 fully saturated rings. The molecular formula is C15H21N3O3. The van der Waals surface area contributed by atoms with E-state index in [1.54, 1.807) is 17.0 Å². The maximum absolute atomic E-state index is 12.0. The van der Waals surface area contributed by atoms with E-state index in [2.05, 4.69) is 10.6 Å². The number of hydrogen-bond acceptors (Lipinski definition) is 3. The van der Waals surface area contributed by atoms with Gasteiger partial charge in [-0.3, -0.25) is 4.79 Å². The Morgan fingerprint density at radius 3 is 2.71 bits per heavy atom. The summed E-state index contributed by atoms with van der Waals surface area (Å²) in [5.41, 5.74) is 0.678. The lowest BCUT2D eigenvalue weighted by Gasteiger charge is -2.34. The molecule has 2 rings (SSSR count). The van der Waals surface area contributed by atoms with E-state index >= 15 is 0 Å². The molecule has 0 saturated carbocycles. The van der Waals surface area contributed by atoms with Gasteiger partial charge in [0.1, 0.15) is 0 Å². The van der Waals surface area contributed by atoms with Crippen LogP contribution in [0.1, 0.15) is 13.3 Å². The fourth-order valence-electron chi connectivity index (χ4n) is 2.32. The summed E-state index contributed by atoms with van der Waals surface area (Å²) in [6, 6.07) is 8.64. The molecule has 114 valence electrons. The van der Waals surface area contributed by atoms with Crippen molar-refractivity contribution in [1.29, 1.82) is 0 Å². The van der Waals surface area contributed by atoms with Gasteiger partial charge in [-0.2, -0.15) is 0 Å². The first kappa shape index (κ1) is 15.3. The molecule has 1 saturated heterocycles. The molecular weight excluding hydrogens is 270 g/mol. The van der Waals surface area contributed by atoms with Crippen molar-refractivity contribution in [2.45, 2.75) is 19.4 Å². The van der Waals surface area contributed by atoms with Crippen molar-refractivity contribution in [1.82, 2.24) is 10.2 Å².